The lowest BCUT2D eigenvalue weighted by atomic mass is 9.94. The van der Waals surface area contributed by atoms with Gasteiger partial charge in [-0.25, -0.2) is 0 Å². The van der Waals surface area contributed by atoms with Crippen molar-refractivity contribution in [1.82, 2.24) is 5.32 Å². The summed E-state index contributed by atoms with van der Waals surface area (Å²) < 4.78 is 11.1. The molecule has 0 aromatic heterocycles. The number of aliphatic hydroxyl groups is 1. The molecule has 0 aliphatic carbocycles. The summed E-state index contributed by atoms with van der Waals surface area (Å²) in [6.45, 7) is 7.17. The molecule has 0 heterocycles. The zero-order valence-corrected chi connectivity index (χ0v) is 14.7. The molecule has 0 bridgehead atoms. The van der Waals surface area contributed by atoms with Crippen LogP contribution in [0.3, 0.4) is 0 Å². The van der Waals surface area contributed by atoms with Crippen molar-refractivity contribution in [3.8, 4) is 11.5 Å². The van der Waals surface area contributed by atoms with Gasteiger partial charge in [0.2, 0.25) is 0 Å². The van der Waals surface area contributed by atoms with Crippen LogP contribution in [0.4, 0.5) is 0 Å². The number of hydrogen-bond donors (Lipinski definition) is 2. The lowest BCUT2D eigenvalue weighted by molar-refractivity contribution is 0.0774. The molecule has 0 saturated carbocycles. The second-order valence-electron chi connectivity index (χ2n) is 6.19. The molecule has 2 aromatic rings. The number of hydrogen-bond acceptors (Lipinski definition) is 4. The van der Waals surface area contributed by atoms with Crippen LogP contribution in [-0.2, 0) is 5.54 Å². The van der Waals surface area contributed by atoms with Crippen LogP contribution in [0.2, 0.25) is 0 Å². The number of aliphatic hydroxyl groups excluding tert-OH is 1. The summed E-state index contributed by atoms with van der Waals surface area (Å²) in [5.41, 5.74) is 0.741. The minimum absolute atomic E-state index is 0.350. The van der Waals surface area contributed by atoms with Gasteiger partial charge in [-0.15, -0.1) is 0 Å². The van der Waals surface area contributed by atoms with E-state index < -0.39 is 6.23 Å². The van der Waals surface area contributed by atoms with Gasteiger partial charge in [-0.3, -0.25) is 5.32 Å². The van der Waals surface area contributed by atoms with Gasteiger partial charge >= 0.3 is 0 Å². The van der Waals surface area contributed by atoms with E-state index in [-0.39, 0.29) is 5.54 Å². The van der Waals surface area contributed by atoms with Crippen molar-refractivity contribution in [3.05, 3.63) is 60.2 Å². The molecule has 130 valence electrons. The predicted octanol–water partition coefficient (Wildman–Crippen LogP) is 3.70. The molecular weight excluding hydrogens is 302 g/mol. The number of rotatable bonds is 9. The van der Waals surface area contributed by atoms with Crippen LogP contribution in [-0.4, -0.2) is 24.5 Å². The normalized spacial score (nSPS) is 12.7. The van der Waals surface area contributed by atoms with Gasteiger partial charge in [-0.1, -0.05) is 30.3 Å². The summed E-state index contributed by atoms with van der Waals surface area (Å²) in [5, 5.41) is 13.5. The fourth-order valence-electron chi connectivity index (χ4n) is 2.51. The summed E-state index contributed by atoms with van der Waals surface area (Å²) in [7, 11) is 0. The molecule has 2 N–H and O–H groups in total. The zero-order valence-electron chi connectivity index (χ0n) is 14.7. The third-order valence-corrected chi connectivity index (χ3v) is 3.82. The molecule has 1 atom stereocenters. The molecule has 0 spiro atoms. The second-order valence-corrected chi connectivity index (χ2v) is 6.19. The first-order valence-electron chi connectivity index (χ1n) is 8.38. The molecule has 0 fully saturated rings. The van der Waals surface area contributed by atoms with E-state index in [0.717, 1.165) is 17.1 Å². The molecule has 4 heteroatoms. The van der Waals surface area contributed by atoms with Gasteiger partial charge < -0.3 is 14.6 Å². The van der Waals surface area contributed by atoms with E-state index >= 15 is 0 Å². The summed E-state index contributed by atoms with van der Waals surface area (Å²) in [6, 6.07) is 17.6. The third-order valence-electron chi connectivity index (χ3n) is 3.82. The minimum atomic E-state index is -0.643. The van der Waals surface area contributed by atoms with Gasteiger partial charge in [0.1, 0.15) is 17.7 Å². The van der Waals surface area contributed by atoms with Crippen LogP contribution in [0, 0.1) is 0 Å². The molecule has 0 saturated heterocycles. The number of ether oxygens (including phenoxy) is 2. The largest absolute Gasteiger partial charge is 0.494 e. The Balaban J connectivity index is 1.83. The average molecular weight is 329 g/mol. The van der Waals surface area contributed by atoms with Crippen molar-refractivity contribution in [2.75, 3.05) is 13.2 Å². The average Bonchev–Trinajstić information content (AvgIpc) is 2.56. The Bertz CT molecular complexity index is 596. The molecule has 2 rings (SSSR count). The quantitative estimate of drug-likeness (QED) is 0.689. The highest BCUT2D eigenvalue weighted by molar-refractivity contribution is 5.31. The smallest absolute Gasteiger partial charge is 0.119 e. The second kappa shape index (κ2) is 8.71. The van der Waals surface area contributed by atoms with Gasteiger partial charge in [0.15, 0.2) is 0 Å². The van der Waals surface area contributed by atoms with Crippen molar-refractivity contribution >= 4 is 0 Å². The lowest BCUT2D eigenvalue weighted by Gasteiger charge is -2.30. The molecule has 0 unspecified atom stereocenters. The highest BCUT2D eigenvalue weighted by Crippen LogP contribution is 2.23. The first-order valence-corrected chi connectivity index (χ1v) is 8.38. The first kappa shape index (κ1) is 18.3. The predicted molar refractivity (Wildman–Crippen MR) is 96.3 cm³/mol. The highest BCUT2D eigenvalue weighted by atomic mass is 16.5. The van der Waals surface area contributed by atoms with E-state index in [1.54, 1.807) is 0 Å². The minimum Gasteiger partial charge on any atom is -0.494 e. The maximum absolute atomic E-state index is 10.2. The number of para-hydroxylation sites is 1. The van der Waals surface area contributed by atoms with Crippen LogP contribution in [0.5, 0.6) is 11.5 Å². The van der Waals surface area contributed by atoms with Gasteiger partial charge in [0.25, 0.3) is 0 Å². The van der Waals surface area contributed by atoms with Gasteiger partial charge in [-0.05, 0) is 50.6 Å². The van der Waals surface area contributed by atoms with Crippen LogP contribution >= 0.6 is 0 Å². The fourth-order valence-corrected chi connectivity index (χ4v) is 2.51. The Kier molecular flexibility index (Phi) is 6.64. The fraction of sp³-hybridized carbons (Fsp3) is 0.400. The van der Waals surface area contributed by atoms with Crippen molar-refractivity contribution < 1.29 is 14.6 Å². The Hall–Kier alpha value is -2.04. The van der Waals surface area contributed by atoms with E-state index in [2.05, 4.69) is 5.32 Å². The van der Waals surface area contributed by atoms with Crippen molar-refractivity contribution in [2.45, 2.75) is 39.0 Å². The van der Waals surface area contributed by atoms with Crippen LogP contribution in [0.1, 0.15) is 32.8 Å². The van der Waals surface area contributed by atoms with E-state index in [4.69, 9.17) is 9.47 Å². The van der Waals surface area contributed by atoms with Crippen LogP contribution in [0.15, 0.2) is 54.6 Å². The third kappa shape index (κ3) is 5.55. The summed E-state index contributed by atoms with van der Waals surface area (Å²) in [6.07, 6.45) is -0.134. The zero-order chi connectivity index (χ0) is 17.4. The molecule has 2 aromatic carbocycles. The monoisotopic (exact) mass is 329 g/mol. The number of benzene rings is 2. The Morgan fingerprint density at radius 2 is 1.58 bits per heavy atom. The van der Waals surface area contributed by atoms with Crippen molar-refractivity contribution in [2.24, 2.45) is 0 Å². The summed E-state index contributed by atoms with van der Waals surface area (Å²) in [4.78, 5) is 0. The van der Waals surface area contributed by atoms with Crippen molar-refractivity contribution in [1.29, 1.82) is 0 Å². The number of nitrogens with one attached hydrogen (secondary N) is 1. The van der Waals surface area contributed by atoms with E-state index in [1.807, 2.05) is 75.4 Å². The SMILES string of the molecule is CCOc1ccc(C(C)(C)N[C@@H](O)CCOc2ccccc2)cc1. The van der Waals surface area contributed by atoms with Crippen LogP contribution in [0.25, 0.3) is 0 Å². The van der Waals surface area contributed by atoms with Gasteiger partial charge in [-0.2, -0.15) is 0 Å². The molecule has 0 amide bonds. The maximum atomic E-state index is 10.2. The molecule has 0 aliphatic heterocycles. The van der Waals surface area contributed by atoms with E-state index in [9.17, 15) is 5.11 Å². The first-order chi connectivity index (χ1) is 11.5. The standard InChI is InChI=1S/C20H27NO3/c1-4-23-18-12-10-16(11-13-18)20(2,3)21-19(22)14-15-24-17-8-6-5-7-9-17/h5-13,19,21-22H,4,14-15H2,1-3H3/t19-/m0/s1. The summed E-state index contributed by atoms with van der Waals surface area (Å²) in [5.74, 6) is 1.67. The molecule has 24 heavy (non-hydrogen) atoms. The Labute approximate surface area is 144 Å². The molecule has 4 nitrogen and oxygen atoms in total. The summed E-state index contributed by atoms with van der Waals surface area (Å²) >= 11 is 0. The lowest BCUT2D eigenvalue weighted by Crippen LogP contribution is -2.44. The Morgan fingerprint density at radius 3 is 2.21 bits per heavy atom. The van der Waals surface area contributed by atoms with Gasteiger partial charge in [0.05, 0.1) is 13.2 Å². The topological polar surface area (TPSA) is 50.7 Å². The van der Waals surface area contributed by atoms with Crippen molar-refractivity contribution in [3.63, 3.8) is 0 Å². The van der Waals surface area contributed by atoms with E-state index in [1.165, 1.54) is 0 Å². The maximum Gasteiger partial charge on any atom is 0.119 e. The molecular formula is C20H27NO3. The molecule has 0 radical (unpaired) electrons. The van der Waals surface area contributed by atoms with E-state index in [0.29, 0.717) is 19.6 Å². The van der Waals surface area contributed by atoms with Gasteiger partial charge in [0, 0.05) is 12.0 Å². The van der Waals surface area contributed by atoms with Crippen LogP contribution < -0.4 is 14.8 Å². The molecule has 0 aliphatic rings. The highest BCUT2D eigenvalue weighted by Gasteiger charge is 2.23. The Morgan fingerprint density at radius 1 is 0.958 bits per heavy atom.